The maximum Gasteiger partial charge on any atom is 0.326 e. The van der Waals surface area contributed by atoms with Gasteiger partial charge in [0.25, 0.3) is 5.91 Å². The van der Waals surface area contributed by atoms with Crippen molar-refractivity contribution in [2.75, 3.05) is 18.0 Å². The molecule has 3 N–H and O–H groups in total. The fraction of sp³-hybridized carbons (Fsp3) is 0.438. The second-order valence-corrected chi connectivity index (χ2v) is 5.97. The minimum Gasteiger partial charge on any atom is -0.480 e. The van der Waals surface area contributed by atoms with Crippen LogP contribution in [0.2, 0.25) is 0 Å². The van der Waals surface area contributed by atoms with Crippen LogP contribution in [0.1, 0.15) is 29.6 Å². The first-order valence-corrected chi connectivity index (χ1v) is 7.73. The SMILES string of the molecule is O=C(NC(CC1CC1)C(=O)O)c1ccc(N2CCNC2=O)cc1. The van der Waals surface area contributed by atoms with Crippen LogP contribution in [-0.2, 0) is 4.79 Å². The number of amides is 3. The van der Waals surface area contributed by atoms with Crippen molar-refractivity contribution in [1.82, 2.24) is 10.6 Å². The van der Waals surface area contributed by atoms with E-state index in [2.05, 4.69) is 10.6 Å². The molecule has 1 atom stereocenters. The van der Waals surface area contributed by atoms with Crippen molar-refractivity contribution < 1.29 is 19.5 Å². The standard InChI is InChI=1S/C16H19N3O4/c20-14(18-13(15(21)22)9-10-1-2-10)11-3-5-12(6-4-11)19-8-7-17-16(19)23/h3-6,10,13H,1-2,7-9H2,(H,17,23)(H,18,20)(H,21,22). The normalized spacial score (nSPS) is 18.4. The minimum absolute atomic E-state index is 0.155. The Bertz CT molecular complexity index is 625. The molecule has 0 spiro atoms. The molecule has 1 aliphatic carbocycles. The van der Waals surface area contributed by atoms with Gasteiger partial charge in [-0.2, -0.15) is 0 Å². The van der Waals surface area contributed by atoms with Crippen molar-refractivity contribution in [2.45, 2.75) is 25.3 Å². The summed E-state index contributed by atoms with van der Waals surface area (Å²) >= 11 is 0. The largest absolute Gasteiger partial charge is 0.480 e. The molecule has 1 aromatic rings. The van der Waals surface area contributed by atoms with Crippen molar-refractivity contribution in [3.8, 4) is 0 Å². The monoisotopic (exact) mass is 317 g/mol. The van der Waals surface area contributed by atoms with Gasteiger partial charge in [-0.25, -0.2) is 9.59 Å². The lowest BCUT2D eigenvalue weighted by Gasteiger charge is -2.16. The minimum atomic E-state index is -1.00. The number of carboxylic acids is 1. The van der Waals surface area contributed by atoms with Gasteiger partial charge in [0.15, 0.2) is 0 Å². The smallest absolute Gasteiger partial charge is 0.326 e. The van der Waals surface area contributed by atoms with Gasteiger partial charge < -0.3 is 15.7 Å². The number of carbonyl (C=O) groups excluding carboxylic acids is 2. The quantitative estimate of drug-likeness (QED) is 0.734. The third-order valence-corrected chi connectivity index (χ3v) is 4.17. The van der Waals surface area contributed by atoms with Gasteiger partial charge in [-0.3, -0.25) is 9.69 Å². The first-order chi connectivity index (χ1) is 11.0. The number of rotatable bonds is 6. The van der Waals surface area contributed by atoms with E-state index in [4.69, 9.17) is 0 Å². The molecule has 1 aliphatic heterocycles. The molecule has 1 saturated heterocycles. The molecule has 3 rings (SSSR count). The van der Waals surface area contributed by atoms with Gasteiger partial charge in [0.1, 0.15) is 6.04 Å². The highest BCUT2D eigenvalue weighted by Gasteiger charge is 2.30. The van der Waals surface area contributed by atoms with E-state index in [9.17, 15) is 19.5 Å². The highest BCUT2D eigenvalue weighted by Crippen LogP contribution is 2.33. The van der Waals surface area contributed by atoms with E-state index >= 15 is 0 Å². The second kappa shape index (κ2) is 6.28. The molecule has 3 amide bonds. The molecule has 1 heterocycles. The van der Waals surface area contributed by atoms with Crippen LogP contribution in [0.3, 0.4) is 0 Å². The van der Waals surface area contributed by atoms with E-state index < -0.39 is 17.9 Å². The fourth-order valence-electron chi connectivity index (χ4n) is 2.66. The van der Waals surface area contributed by atoms with Gasteiger partial charge in [-0.15, -0.1) is 0 Å². The second-order valence-electron chi connectivity index (χ2n) is 5.97. The van der Waals surface area contributed by atoms with Gasteiger partial charge >= 0.3 is 12.0 Å². The summed E-state index contributed by atoms with van der Waals surface area (Å²) in [4.78, 5) is 36.6. The van der Waals surface area contributed by atoms with Crippen molar-refractivity contribution in [1.29, 1.82) is 0 Å². The Hall–Kier alpha value is -2.57. The topological polar surface area (TPSA) is 98.7 Å². The Balaban J connectivity index is 1.64. The molecule has 2 fully saturated rings. The molecule has 1 unspecified atom stereocenters. The van der Waals surface area contributed by atoms with Crippen LogP contribution in [0.15, 0.2) is 24.3 Å². The third kappa shape index (κ3) is 3.61. The lowest BCUT2D eigenvalue weighted by atomic mass is 10.1. The zero-order valence-corrected chi connectivity index (χ0v) is 12.6. The third-order valence-electron chi connectivity index (χ3n) is 4.17. The Kier molecular flexibility index (Phi) is 4.18. The van der Waals surface area contributed by atoms with Crippen LogP contribution in [0.4, 0.5) is 10.5 Å². The fourth-order valence-corrected chi connectivity index (χ4v) is 2.66. The number of urea groups is 1. The molecule has 0 aromatic heterocycles. The molecule has 7 heteroatoms. The zero-order valence-electron chi connectivity index (χ0n) is 12.6. The molecular weight excluding hydrogens is 298 g/mol. The summed E-state index contributed by atoms with van der Waals surface area (Å²) in [5.74, 6) is -1.00. The van der Waals surface area contributed by atoms with E-state index in [1.807, 2.05) is 0 Å². The lowest BCUT2D eigenvalue weighted by Crippen LogP contribution is -2.41. The van der Waals surface area contributed by atoms with Crippen molar-refractivity contribution >= 4 is 23.6 Å². The molecule has 7 nitrogen and oxygen atoms in total. The van der Waals surface area contributed by atoms with Crippen LogP contribution >= 0.6 is 0 Å². The molecule has 23 heavy (non-hydrogen) atoms. The number of hydrogen-bond donors (Lipinski definition) is 3. The van der Waals surface area contributed by atoms with Gasteiger partial charge in [0.05, 0.1) is 0 Å². The highest BCUT2D eigenvalue weighted by atomic mass is 16.4. The van der Waals surface area contributed by atoms with Crippen LogP contribution < -0.4 is 15.5 Å². The number of nitrogens with one attached hydrogen (secondary N) is 2. The van der Waals surface area contributed by atoms with E-state index in [0.29, 0.717) is 36.7 Å². The Morgan fingerprint density at radius 2 is 2.00 bits per heavy atom. The predicted octanol–water partition coefficient (Wildman–Crippen LogP) is 1.20. The van der Waals surface area contributed by atoms with E-state index in [1.165, 1.54) is 0 Å². The summed E-state index contributed by atoms with van der Waals surface area (Å²) in [6, 6.07) is 5.59. The lowest BCUT2D eigenvalue weighted by molar-refractivity contribution is -0.139. The molecular formula is C16H19N3O4. The number of aliphatic carboxylic acids is 1. The molecule has 2 aliphatic rings. The van der Waals surface area contributed by atoms with Crippen LogP contribution in [-0.4, -0.2) is 42.1 Å². The average molecular weight is 317 g/mol. The summed E-state index contributed by atoms with van der Waals surface area (Å²) in [6.07, 6.45) is 2.55. The van der Waals surface area contributed by atoms with Crippen molar-refractivity contribution in [3.63, 3.8) is 0 Å². The summed E-state index contributed by atoms with van der Waals surface area (Å²) in [5, 5.41) is 14.5. The maximum atomic E-state index is 12.2. The molecule has 0 bridgehead atoms. The maximum absolute atomic E-state index is 12.2. The summed E-state index contributed by atoms with van der Waals surface area (Å²) < 4.78 is 0. The van der Waals surface area contributed by atoms with Crippen molar-refractivity contribution in [3.05, 3.63) is 29.8 Å². The number of hydrogen-bond acceptors (Lipinski definition) is 3. The van der Waals surface area contributed by atoms with Crippen molar-refractivity contribution in [2.24, 2.45) is 5.92 Å². The first-order valence-electron chi connectivity index (χ1n) is 7.73. The Labute approximate surface area is 133 Å². The number of nitrogens with zero attached hydrogens (tertiary/aromatic N) is 1. The van der Waals surface area contributed by atoms with E-state index in [0.717, 1.165) is 12.8 Å². The summed E-state index contributed by atoms with van der Waals surface area (Å²) in [5.41, 5.74) is 1.10. The Morgan fingerprint density at radius 3 is 2.52 bits per heavy atom. The number of anilines is 1. The average Bonchev–Trinajstić information content (AvgIpc) is 3.25. The summed E-state index contributed by atoms with van der Waals surface area (Å²) in [6.45, 7) is 1.19. The number of benzene rings is 1. The van der Waals surface area contributed by atoms with Crippen LogP contribution in [0.5, 0.6) is 0 Å². The molecule has 0 radical (unpaired) electrons. The number of carboxylic acid groups (broad SMARTS) is 1. The van der Waals surface area contributed by atoms with Gasteiger partial charge in [-0.05, 0) is 36.6 Å². The van der Waals surface area contributed by atoms with Gasteiger partial charge in [0.2, 0.25) is 0 Å². The van der Waals surface area contributed by atoms with E-state index in [1.54, 1.807) is 29.2 Å². The Morgan fingerprint density at radius 1 is 1.30 bits per heavy atom. The molecule has 122 valence electrons. The van der Waals surface area contributed by atoms with Gasteiger partial charge in [0, 0.05) is 24.3 Å². The van der Waals surface area contributed by atoms with Crippen LogP contribution in [0, 0.1) is 5.92 Å². The van der Waals surface area contributed by atoms with Crippen LogP contribution in [0.25, 0.3) is 0 Å². The summed E-state index contributed by atoms with van der Waals surface area (Å²) in [7, 11) is 0. The first kappa shape index (κ1) is 15.3. The molecule has 1 saturated carbocycles. The number of carbonyl (C=O) groups is 3. The predicted molar refractivity (Wildman–Crippen MR) is 83.4 cm³/mol. The highest BCUT2D eigenvalue weighted by molar-refractivity contribution is 5.98. The molecule has 1 aromatic carbocycles. The van der Waals surface area contributed by atoms with E-state index in [-0.39, 0.29) is 6.03 Å². The van der Waals surface area contributed by atoms with Gasteiger partial charge in [-0.1, -0.05) is 12.8 Å². The zero-order chi connectivity index (χ0) is 16.4.